The van der Waals surface area contributed by atoms with Crippen LogP contribution in [0.5, 0.6) is 11.5 Å². The van der Waals surface area contributed by atoms with E-state index in [4.69, 9.17) is 20.6 Å². The van der Waals surface area contributed by atoms with Crippen LogP contribution in [-0.4, -0.2) is 57.7 Å². The van der Waals surface area contributed by atoms with Gasteiger partial charge in [0.1, 0.15) is 0 Å². The zero-order valence-electron chi connectivity index (χ0n) is 17.3. The molecule has 3 aliphatic heterocycles. The number of carbonyl (C=O) groups is 1. The minimum absolute atomic E-state index is 0.0633. The first kappa shape index (κ1) is 22.2. The van der Waals surface area contributed by atoms with Crippen molar-refractivity contribution in [3.63, 3.8) is 0 Å². The van der Waals surface area contributed by atoms with Crippen LogP contribution >= 0.6 is 0 Å². The summed E-state index contributed by atoms with van der Waals surface area (Å²) in [6, 6.07) is 11.3. The summed E-state index contributed by atoms with van der Waals surface area (Å²) in [6.45, 7) is 0.317. The van der Waals surface area contributed by atoms with Crippen molar-refractivity contribution in [3.8, 4) is 11.5 Å². The zero-order valence-corrected chi connectivity index (χ0v) is 20.0. The molecule has 6 unspecified atom stereocenters. The van der Waals surface area contributed by atoms with Gasteiger partial charge in [-0.2, -0.15) is 0 Å². The van der Waals surface area contributed by atoms with Gasteiger partial charge in [-0.3, -0.25) is 0 Å². The number of fused-ring (bicyclic) bond motifs is 2. The summed E-state index contributed by atoms with van der Waals surface area (Å²) in [5, 5.41) is 10.9. The SMILES string of the molecule is N=C(N)c1ccc(C2NC(CS(=O)O)C3C2C(=O)N(Cc2ccc4c(c2)OCO4)[As]3=O)cc1. The minimum atomic E-state index is -3.11. The zero-order chi connectivity index (χ0) is 23.3. The van der Waals surface area contributed by atoms with Crippen molar-refractivity contribution in [2.24, 2.45) is 11.7 Å². The number of hydrogen-bond donors (Lipinski definition) is 4. The Hall–Kier alpha value is -2.59. The predicted molar refractivity (Wildman–Crippen MR) is 120 cm³/mol. The van der Waals surface area contributed by atoms with Gasteiger partial charge in [-0.1, -0.05) is 0 Å². The van der Waals surface area contributed by atoms with Crippen molar-refractivity contribution in [3.05, 3.63) is 59.2 Å². The van der Waals surface area contributed by atoms with Crippen molar-refractivity contribution in [2.45, 2.75) is 23.3 Å². The normalized spacial score (nSPS) is 27.6. The Labute approximate surface area is 196 Å². The maximum absolute atomic E-state index is 13.6. The van der Waals surface area contributed by atoms with E-state index in [9.17, 15) is 17.3 Å². The summed E-state index contributed by atoms with van der Waals surface area (Å²) in [5.41, 5.74) is 7.65. The average Bonchev–Trinajstić information content (AvgIpc) is 3.46. The molecule has 0 aromatic heterocycles. The van der Waals surface area contributed by atoms with Crippen LogP contribution in [0.2, 0.25) is 4.71 Å². The molecule has 0 aliphatic carbocycles. The van der Waals surface area contributed by atoms with Crippen LogP contribution in [0.15, 0.2) is 42.5 Å². The van der Waals surface area contributed by atoms with Crippen LogP contribution in [-0.2, 0) is 26.2 Å². The van der Waals surface area contributed by atoms with E-state index in [0.717, 1.165) is 11.1 Å². The fourth-order valence-corrected chi connectivity index (χ4v) is 9.90. The van der Waals surface area contributed by atoms with Crippen LogP contribution < -0.4 is 20.5 Å². The fourth-order valence-electron chi connectivity index (χ4n) is 4.72. The molecule has 10 nitrogen and oxygen atoms in total. The van der Waals surface area contributed by atoms with Crippen LogP contribution in [0.4, 0.5) is 0 Å². The van der Waals surface area contributed by atoms with E-state index in [0.29, 0.717) is 17.1 Å². The number of nitrogen functional groups attached to an aromatic ring is 1. The Morgan fingerprint density at radius 3 is 2.67 bits per heavy atom. The van der Waals surface area contributed by atoms with Gasteiger partial charge in [-0.15, -0.1) is 0 Å². The molecule has 2 aromatic rings. The summed E-state index contributed by atoms with van der Waals surface area (Å²) in [7, 11) is 0. The summed E-state index contributed by atoms with van der Waals surface area (Å²) >= 11 is -5.22. The molecule has 6 atom stereocenters. The second-order valence-electron chi connectivity index (χ2n) is 8.18. The average molecular weight is 533 g/mol. The second kappa shape index (κ2) is 8.64. The van der Waals surface area contributed by atoms with Crippen molar-refractivity contribution in [2.75, 3.05) is 12.5 Å². The van der Waals surface area contributed by atoms with E-state index >= 15 is 0 Å². The van der Waals surface area contributed by atoms with Crippen LogP contribution in [0.1, 0.15) is 22.7 Å². The molecule has 33 heavy (non-hydrogen) atoms. The molecule has 2 aromatic carbocycles. The maximum atomic E-state index is 13.6. The Kier molecular flexibility index (Phi) is 5.82. The first-order chi connectivity index (χ1) is 15.8. The number of hydrogen-bond acceptors (Lipinski definition) is 7. The van der Waals surface area contributed by atoms with Crippen molar-refractivity contribution < 1.29 is 26.8 Å². The van der Waals surface area contributed by atoms with Gasteiger partial charge in [-0.05, 0) is 0 Å². The van der Waals surface area contributed by atoms with Gasteiger partial charge in [0.2, 0.25) is 0 Å². The molecule has 5 N–H and O–H groups in total. The summed E-state index contributed by atoms with van der Waals surface area (Å²) in [5.74, 6) is 0.209. The third kappa shape index (κ3) is 3.99. The van der Waals surface area contributed by atoms with Crippen molar-refractivity contribution >= 4 is 37.6 Å². The molecular formula is C21H22AsN4O6S. The summed E-state index contributed by atoms with van der Waals surface area (Å²) in [6.07, 6.45) is 0. The molecular weight excluding hydrogens is 511 g/mol. The first-order valence-corrected chi connectivity index (χ1v) is 14.2. The Morgan fingerprint density at radius 1 is 1.24 bits per heavy atom. The molecule has 2 fully saturated rings. The molecule has 1 radical (unpaired) electrons. The second-order valence-corrected chi connectivity index (χ2v) is 12.7. The Balaban J connectivity index is 1.45. The molecule has 12 heteroatoms. The van der Waals surface area contributed by atoms with Crippen LogP contribution in [0, 0.1) is 11.3 Å². The fraction of sp³-hybridized carbons (Fsp3) is 0.333. The topological polar surface area (TPSA) is 155 Å². The number of amidine groups is 1. The Morgan fingerprint density at radius 2 is 1.97 bits per heavy atom. The molecule has 0 bridgehead atoms. The molecule has 173 valence electrons. The molecule has 3 aliphatic rings. The van der Waals surface area contributed by atoms with Gasteiger partial charge >= 0.3 is 197 Å². The number of ether oxygens (including phenoxy) is 2. The summed E-state index contributed by atoms with van der Waals surface area (Å²) < 4.78 is 46.3. The number of nitrogens with zero attached hydrogens (tertiary/aromatic N) is 1. The van der Waals surface area contributed by atoms with Gasteiger partial charge < -0.3 is 0 Å². The Bertz CT molecular complexity index is 1180. The number of carbonyl (C=O) groups excluding carboxylic acids is 1. The standard InChI is InChI=1S/C21H22AsN4O6S/c23-20(24)13-4-2-12(3-5-13)19-17-18(14(25-19)9-33(29)30)22(28)26(21(17)27)8-11-1-6-15-16(7-11)32-10-31-15/h1-7,14,17-19,25H,8-10H2,(H3,23,24)(H,29,30). The third-order valence-corrected chi connectivity index (χ3v) is 11.1. The predicted octanol–water partition coefficient (Wildman–Crippen LogP) is 0.881. The molecule has 0 saturated carbocycles. The number of benzene rings is 2. The molecule has 2 saturated heterocycles. The van der Waals surface area contributed by atoms with Crippen molar-refractivity contribution in [1.29, 1.82) is 5.41 Å². The number of rotatable bonds is 6. The van der Waals surface area contributed by atoms with Gasteiger partial charge in [0, 0.05) is 0 Å². The number of nitrogens with two attached hydrogens (primary N) is 1. The van der Waals surface area contributed by atoms with Crippen LogP contribution in [0.25, 0.3) is 0 Å². The monoisotopic (exact) mass is 533 g/mol. The van der Waals surface area contributed by atoms with E-state index < -0.39 is 48.6 Å². The van der Waals surface area contributed by atoms with E-state index in [-0.39, 0.29) is 30.8 Å². The third-order valence-electron chi connectivity index (χ3n) is 6.24. The van der Waals surface area contributed by atoms with E-state index in [1.54, 1.807) is 36.4 Å². The van der Waals surface area contributed by atoms with E-state index in [1.165, 1.54) is 3.82 Å². The number of nitrogens with one attached hydrogen (secondary N) is 2. The van der Waals surface area contributed by atoms with E-state index in [1.807, 2.05) is 6.07 Å². The number of amides is 1. The quantitative estimate of drug-likeness (QED) is 0.185. The first-order valence-electron chi connectivity index (χ1n) is 10.3. The van der Waals surface area contributed by atoms with Gasteiger partial charge in [0.05, 0.1) is 0 Å². The van der Waals surface area contributed by atoms with Crippen molar-refractivity contribution in [1.82, 2.24) is 9.13 Å². The van der Waals surface area contributed by atoms with Gasteiger partial charge in [0.15, 0.2) is 0 Å². The summed E-state index contributed by atoms with van der Waals surface area (Å²) in [4.78, 5) is 13.5. The van der Waals surface area contributed by atoms with Crippen LogP contribution in [0.3, 0.4) is 0 Å². The molecule has 1 amide bonds. The molecule has 3 heterocycles. The van der Waals surface area contributed by atoms with Gasteiger partial charge in [-0.25, -0.2) is 0 Å². The molecule has 0 spiro atoms. The van der Waals surface area contributed by atoms with E-state index in [2.05, 4.69) is 5.32 Å². The van der Waals surface area contributed by atoms with Gasteiger partial charge in [0.25, 0.3) is 0 Å². The molecule has 5 rings (SSSR count).